The zero-order valence-electron chi connectivity index (χ0n) is 12.7. The van der Waals surface area contributed by atoms with Crippen molar-refractivity contribution in [3.05, 3.63) is 28.8 Å². The molecule has 1 spiro atoms. The molecule has 0 saturated carbocycles. The van der Waals surface area contributed by atoms with Crippen molar-refractivity contribution in [3.63, 3.8) is 0 Å². The number of nitrogens with one attached hydrogen (secondary N) is 1. The molecule has 3 rings (SSSR count). The molecule has 4 nitrogen and oxygen atoms in total. The predicted molar refractivity (Wildman–Crippen MR) is 90.3 cm³/mol. The van der Waals surface area contributed by atoms with Crippen LogP contribution < -0.4 is 10.1 Å². The van der Waals surface area contributed by atoms with Crippen molar-refractivity contribution < 1.29 is 9.53 Å². The van der Waals surface area contributed by atoms with Crippen LogP contribution in [0, 0.1) is 5.41 Å². The van der Waals surface area contributed by atoms with Gasteiger partial charge in [0.25, 0.3) is 5.91 Å². The van der Waals surface area contributed by atoms with Crippen LogP contribution in [0.5, 0.6) is 5.75 Å². The average Bonchev–Trinajstić information content (AvgIpc) is 2.95. The van der Waals surface area contributed by atoms with E-state index in [4.69, 9.17) is 16.3 Å². The van der Waals surface area contributed by atoms with Gasteiger partial charge in [-0.25, -0.2) is 0 Å². The van der Waals surface area contributed by atoms with Gasteiger partial charge in [0.15, 0.2) is 0 Å². The standard InChI is InChI=1S/C16H21ClN2O2.ClH/c1-21-14-10-12(17)2-3-13(14)15(20)19-8-5-16(6-9-19)4-7-18-11-16;/h2-3,10,18H,4-9,11H2,1H3;1H. The fraction of sp³-hybridized carbons (Fsp3) is 0.562. The lowest BCUT2D eigenvalue weighted by atomic mass is 9.78. The van der Waals surface area contributed by atoms with Crippen LogP contribution in [-0.2, 0) is 0 Å². The van der Waals surface area contributed by atoms with Crippen LogP contribution in [0.15, 0.2) is 18.2 Å². The molecule has 6 heteroatoms. The summed E-state index contributed by atoms with van der Waals surface area (Å²) in [6.07, 6.45) is 3.41. The minimum atomic E-state index is 0. The van der Waals surface area contributed by atoms with E-state index in [2.05, 4.69) is 5.32 Å². The second-order valence-corrected chi connectivity index (χ2v) is 6.50. The topological polar surface area (TPSA) is 41.6 Å². The van der Waals surface area contributed by atoms with Crippen LogP contribution in [0.1, 0.15) is 29.6 Å². The number of rotatable bonds is 2. The highest BCUT2D eigenvalue weighted by Gasteiger charge is 2.38. The van der Waals surface area contributed by atoms with Gasteiger partial charge in [-0.1, -0.05) is 11.6 Å². The maximum absolute atomic E-state index is 12.7. The summed E-state index contributed by atoms with van der Waals surface area (Å²) in [6, 6.07) is 5.19. The zero-order chi connectivity index (χ0) is 14.9. The van der Waals surface area contributed by atoms with Gasteiger partial charge in [-0.15, -0.1) is 12.4 Å². The molecule has 0 bridgehead atoms. The maximum Gasteiger partial charge on any atom is 0.257 e. The molecule has 0 unspecified atom stereocenters. The molecule has 0 atom stereocenters. The van der Waals surface area contributed by atoms with Crippen LogP contribution in [0.3, 0.4) is 0 Å². The lowest BCUT2D eigenvalue weighted by Gasteiger charge is -2.39. The molecular weight excluding hydrogens is 323 g/mol. The number of carbonyl (C=O) groups excluding carboxylic acids is 1. The number of likely N-dealkylation sites (tertiary alicyclic amines) is 1. The van der Waals surface area contributed by atoms with Gasteiger partial charge >= 0.3 is 0 Å². The summed E-state index contributed by atoms with van der Waals surface area (Å²) in [6.45, 7) is 3.86. The second-order valence-electron chi connectivity index (χ2n) is 6.06. The highest BCUT2D eigenvalue weighted by Crippen LogP contribution is 2.37. The smallest absolute Gasteiger partial charge is 0.257 e. The van der Waals surface area contributed by atoms with Crippen molar-refractivity contribution in [2.75, 3.05) is 33.3 Å². The number of benzene rings is 1. The molecule has 2 fully saturated rings. The Kier molecular flexibility index (Phi) is 5.59. The van der Waals surface area contributed by atoms with Gasteiger partial charge in [0.05, 0.1) is 12.7 Å². The van der Waals surface area contributed by atoms with Crippen molar-refractivity contribution in [2.24, 2.45) is 5.41 Å². The highest BCUT2D eigenvalue weighted by atomic mass is 35.5. The minimum Gasteiger partial charge on any atom is -0.496 e. The predicted octanol–water partition coefficient (Wildman–Crippen LogP) is 2.99. The fourth-order valence-corrected chi connectivity index (χ4v) is 3.58. The van der Waals surface area contributed by atoms with Crippen molar-refractivity contribution >= 4 is 29.9 Å². The van der Waals surface area contributed by atoms with Crippen molar-refractivity contribution in [1.82, 2.24) is 10.2 Å². The zero-order valence-corrected chi connectivity index (χ0v) is 14.3. The number of methoxy groups -OCH3 is 1. The number of nitrogens with zero attached hydrogens (tertiary/aromatic N) is 1. The number of carbonyl (C=O) groups is 1. The van der Waals surface area contributed by atoms with E-state index in [1.54, 1.807) is 25.3 Å². The number of amides is 1. The van der Waals surface area contributed by atoms with E-state index in [1.807, 2.05) is 4.90 Å². The molecule has 1 N–H and O–H groups in total. The highest BCUT2D eigenvalue weighted by molar-refractivity contribution is 6.30. The molecule has 0 aliphatic carbocycles. The maximum atomic E-state index is 12.7. The van der Waals surface area contributed by atoms with Gasteiger partial charge in [0.1, 0.15) is 5.75 Å². The molecule has 2 saturated heterocycles. The molecule has 1 amide bonds. The third-order valence-corrected chi connectivity index (χ3v) is 5.07. The second kappa shape index (κ2) is 7.07. The van der Waals surface area contributed by atoms with Crippen LogP contribution in [-0.4, -0.2) is 44.1 Å². The molecule has 1 aromatic rings. The summed E-state index contributed by atoms with van der Waals surface area (Å²) in [4.78, 5) is 14.6. The average molecular weight is 345 g/mol. The van der Waals surface area contributed by atoms with E-state index in [0.29, 0.717) is 21.8 Å². The molecule has 2 heterocycles. The normalized spacial score (nSPS) is 19.8. The molecular formula is C16H22Cl2N2O2. The van der Waals surface area contributed by atoms with Gasteiger partial charge in [0, 0.05) is 24.7 Å². The Balaban J connectivity index is 0.00000176. The first-order valence-electron chi connectivity index (χ1n) is 7.47. The number of hydrogen-bond acceptors (Lipinski definition) is 3. The summed E-state index contributed by atoms with van der Waals surface area (Å²) in [5.41, 5.74) is 1.02. The van der Waals surface area contributed by atoms with E-state index in [0.717, 1.165) is 39.0 Å². The van der Waals surface area contributed by atoms with E-state index in [-0.39, 0.29) is 18.3 Å². The molecule has 2 aliphatic rings. The Bertz CT molecular complexity index is 535. The summed E-state index contributed by atoms with van der Waals surface area (Å²) in [5, 5.41) is 4.03. The summed E-state index contributed by atoms with van der Waals surface area (Å²) in [5.74, 6) is 0.597. The minimum absolute atomic E-state index is 0. The summed E-state index contributed by atoms with van der Waals surface area (Å²) >= 11 is 5.96. The van der Waals surface area contributed by atoms with Crippen LogP contribution in [0.2, 0.25) is 5.02 Å². The number of ether oxygens (including phenoxy) is 1. The van der Waals surface area contributed by atoms with Gasteiger partial charge in [-0.2, -0.15) is 0 Å². The SMILES string of the molecule is COc1cc(Cl)ccc1C(=O)N1CCC2(CCNC2)CC1.Cl. The van der Waals surface area contributed by atoms with E-state index in [1.165, 1.54) is 6.42 Å². The lowest BCUT2D eigenvalue weighted by molar-refractivity contribution is 0.0604. The van der Waals surface area contributed by atoms with Crippen LogP contribution >= 0.6 is 24.0 Å². The van der Waals surface area contributed by atoms with Gasteiger partial charge in [-0.05, 0) is 49.4 Å². The van der Waals surface area contributed by atoms with Gasteiger partial charge in [0.2, 0.25) is 0 Å². The summed E-state index contributed by atoms with van der Waals surface area (Å²) < 4.78 is 5.29. The quantitative estimate of drug-likeness (QED) is 0.896. The third-order valence-electron chi connectivity index (χ3n) is 4.84. The number of hydrogen-bond donors (Lipinski definition) is 1. The monoisotopic (exact) mass is 344 g/mol. The third kappa shape index (κ3) is 3.34. The van der Waals surface area contributed by atoms with Crippen molar-refractivity contribution in [1.29, 1.82) is 0 Å². The first-order valence-corrected chi connectivity index (χ1v) is 7.85. The van der Waals surface area contributed by atoms with Crippen LogP contribution in [0.25, 0.3) is 0 Å². The lowest BCUT2D eigenvalue weighted by Crippen LogP contribution is -2.44. The van der Waals surface area contributed by atoms with Gasteiger partial charge in [-0.3, -0.25) is 4.79 Å². The number of halogens is 2. The van der Waals surface area contributed by atoms with E-state index < -0.39 is 0 Å². The Morgan fingerprint density at radius 2 is 2.05 bits per heavy atom. The number of piperidine rings is 1. The Hall–Kier alpha value is -0.970. The fourth-order valence-electron chi connectivity index (χ4n) is 3.42. The summed E-state index contributed by atoms with van der Waals surface area (Å²) in [7, 11) is 1.57. The molecule has 122 valence electrons. The van der Waals surface area contributed by atoms with Gasteiger partial charge < -0.3 is 15.0 Å². The first kappa shape index (κ1) is 17.4. The van der Waals surface area contributed by atoms with E-state index >= 15 is 0 Å². The Labute approximate surface area is 142 Å². The Morgan fingerprint density at radius 1 is 1.32 bits per heavy atom. The first-order chi connectivity index (χ1) is 10.1. The molecule has 2 aliphatic heterocycles. The van der Waals surface area contributed by atoms with Crippen molar-refractivity contribution in [2.45, 2.75) is 19.3 Å². The largest absolute Gasteiger partial charge is 0.496 e. The van der Waals surface area contributed by atoms with Crippen LogP contribution in [0.4, 0.5) is 0 Å². The van der Waals surface area contributed by atoms with Crippen molar-refractivity contribution in [3.8, 4) is 5.75 Å². The molecule has 0 radical (unpaired) electrons. The molecule has 0 aromatic heterocycles. The molecule has 1 aromatic carbocycles. The van der Waals surface area contributed by atoms with E-state index in [9.17, 15) is 4.79 Å². The Morgan fingerprint density at radius 3 is 2.64 bits per heavy atom. The molecule has 22 heavy (non-hydrogen) atoms.